The predicted octanol–water partition coefficient (Wildman–Crippen LogP) is 3.60. The zero-order chi connectivity index (χ0) is 18.8. The Bertz CT molecular complexity index is 961. The highest BCUT2D eigenvalue weighted by Gasteiger charge is 2.31. The topological polar surface area (TPSA) is 81.4 Å². The number of amides is 1. The fourth-order valence-electron chi connectivity index (χ4n) is 2.88. The smallest absolute Gasteiger partial charge is 0.414 e. The minimum Gasteiger partial charge on any atom is -0.444 e. The Morgan fingerprint density at radius 2 is 2.15 bits per heavy atom. The zero-order valence-electron chi connectivity index (χ0n) is 14.6. The number of hydrogen-bond donors (Lipinski definition) is 0. The first-order valence-electron chi connectivity index (χ1n) is 8.64. The van der Waals surface area contributed by atoms with Crippen molar-refractivity contribution in [2.45, 2.75) is 25.9 Å². The Kier molecular flexibility index (Phi) is 4.53. The summed E-state index contributed by atoms with van der Waals surface area (Å²) in [6.45, 7) is 2.34. The van der Waals surface area contributed by atoms with Crippen molar-refractivity contribution in [3.63, 3.8) is 0 Å². The summed E-state index contributed by atoms with van der Waals surface area (Å²) in [6, 6.07) is 9.97. The number of cyclic esters (lactones) is 1. The Hall–Kier alpha value is -3.29. The van der Waals surface area contributed by atoms with E-state index in [1.165, 1.54) is 17.0 Å². The Morgan fingerprint density at radius 3 is 2.85 bits per heavy atom. The molecule has 1 amide bonds. The van der Waals surface area contributed by atoms with E-state index >= 15 is 0 Å². The lowest BCUT2D eigenvalue weighted by atomic mass is 10.1. The lowest BCUT2D eigenvalue weighted by Gasteiger charge is -2.13. The molecule has 138 valence electrons. The van der Waals surface area contributed by atoms with E-state index < -0.39 is 11.9 Å². The van der Waals surface area contributed by atoms with E-state index in [1.807, 2.05) is 25.1 Å². The van der Waals surface area contributed by atoms with Gasteiger partial charge in [-0.05, 0) is 36.8 Å². The molecule has 27 heavy (non-hydrogen) atoms. The number of anilines is 1. The molecule has 0 N–H and O–H groups in total. The lowest BCUT2D eigenvalue weighted by molar-refractivity contribution is 0.139. The lowest BCUT2D eigenvalue weighted by Crippen LogP contribution is -2.24. The fourth-order valence-corrected chi connectivity index (χ4v) is 2.88. The number of carbonyl (C=O) groups is 1. The van der Waals surface area contributed by atoms with Crippen LogP contribution in [0.4, 0.5) is 14.9 Å². The van der Waals surface area contributed by atoms with Crippen molar-refractivity contribution in [2.75, 3.05) is 11.4 Å². The Labute approximate surface area is 154 Å². The molecular formula is C19H17FN4O3. The van der Waals surface area contributed by atoms with Crippen molar-refractivity contribution in [3.05, 3.63) is 60.0 Å². The summed E-state index contributed by atoms with van der Waals surface area (Å²) in [6.07, 6.45) is 2.11. The minimum atomic E-state index is -0.548. The SMILES string of the molecule is CC[C@H]1CN(c2ccc(-c3nnc(Cc4ccccn4)o3)c(F)c2)C(=O)O1. The van der Waals surface area contributed by atoms with Crippen LogP contribution in [0.25, 0.3) is 11.5 Å². The van der Waals surface area contributed by atoms with Crippen molar-refractivity contribution in [1.82, 2.24) is 15.2 Å². The third-order valence-electron chi connectivity index (χ3n) is 4.35. The summed E-state index contributed by atoms with van der Waals surface area (Å²) < 4.78 is 25.4. The normalized spacial score (nSPS) is 16.6. The molecule has 0 radical (unpaired) electrons. The second kappa shape index (κ2) is 7.14. The molecule has 1 aromatic carbocycles. The van der Waals surface area contributed by atoms with Crippen LogP contribution in [-0.2, 0) is 11.2 Å². The van der Waals surface area contributed by atoms with Gasteiger partial charge in [0.25, 0.3) is 5.89 Å². The van der Waals surface area contributed by atoms with E-state index in [2.05, 4.69) is 15.2 Å². The molecule has 4 rings (SSSR count). The highest BCUT2D eigenvalue weighted by molar-refractivity contribution is 5.90. The van der Waals surface area contributed by atoms with E-state index in [-0.39, 0.29) is 17.6 Å². The van der Waals surface area contributed by atoms with Crippen LogP contribution in [0.3, 0.4) is 0 Å². The molecule has 1 aliphatic heterocycles. The second-order valence-corrected chi connectivity index (χ2v) is 6.19. The monoisotopic (exact) mass is 368 g/mol. The Morgan fingerprint density at radius 1 is 1.26 bits per heavy atom. The van der Waals surface area contributed by atoms with E-state index in [1.54, 1.807) is 12.3 Å². The maximum atomic E-state index is 14.6. The van der Waals surface area contributed by atoms with Crippen LogP contribution >= 0.6 is 0 Å². The number of halogens is 1. The van der Waals surface area contributed by atoms with Gasteiger partial charge in [-0.15, -0.1) is 10.2 Å². The van der Waals surface area contributed by atoms with Crippen molar-refractivity contribution in [2.24, 2.45) is 0 Å². The first-order chi connectivity index (χ1) is 13.1. The van der Waals surface area contributed by atoms with Crippen LogP contribution in [-0.4, -0.2) is 33.9 Å². The van der Waals surface area contributed by atoms with Gasteiger partial charge in [-0.1, -0.05) is 13.0 Å². The summed E-state index contributed by atoms with van der Waals surface area (Å²) in [5.74, 6) is -0.116. The number of nitrogens with zero attached hydrogens (tertiary/aromatic N) is 4. The van der Waals surface area contributed by atoms with Crippen LogP contribution in [0.15, 0.2) is 47.0 Å². The second-order valence-electron chi connectivity index (χ2n) is 6.19. The quantitative estimate of drug-likeness (QED) is 0.684. The molecule has 1 aliphatic rings. The van der Waals surface area contributed by atoms with Gasteiger partial charge in [-0.25, -0.2) is 9.18 Å². The van der Waals surface area contributed by atoms with Gasteiger partial charge in [0, 0.05) is 11.9 Å². The highest BCUT2D eigenvalue weighted by atomic mass is 19.1. The van der Waals surface area contributed by atoms with Gasteiger partial charge in [0.15, 0.2) is 0 Å². The van der Waals surface area contributed by atoms with Crippen LogP contribution < -0.4 is 4.90 Å². The molecule has 3 aromatic rings. The van der Waals surface area contributed by atoms with E-state index in [4.69, 9.17) is 9.15 Å². The third-order valence-corrected chi connectivity index (χ3v) is 4.35. The molecule has 2 aromatic heterocycles. The van der Waals surface area contributed by atoms with Gasteiger partial charge in [-0.3, -0.25) is 9.88 Å². The molecule has 8 heteroatoms. The number of rotatable bonds is 5. The molecule has 3 heterocycles. The number of ether oxygens (including phenoxy) is 1. The molecule has 1 fully saturated rings. The number of carbonyl (C=O) groups excluding carboxylic acids is 1. The van der Waals surface area contributed by atoms with Crippen molar-refractivity contribution >= 4 is 11.8 Å². The number of hydrogen-bond acceptors (Lipinski definition) is 6. The summed E-state index contributed by atoms with van der Waals surface area (Å²) in [5, 5.41) is 7.88. The molecule has 0 saturated carbocycles. The van der Waals surface area contributed by atoms with Crippen molar-refractivity contribution in [1.29, 1.82) is 0 Å². The highest BCUT2D eigenvalue weighted by Crippen LogP contribution is 2.29. The largest absolute Gasteiger partial charge is 0.444 e. The molecule has 1 saturated heterocycles. The van der Waals surface area contributed by atoms with Gasteiger partial charge < -0.3 is 9.15 Å². The van der Waals surface area contributed by atoms with Crippen LogP contribution in [0.5, 0.6) is 0 Å². The predicted molar refractivity (Wildman–Crippen MR) is 94.6 cm³/mol. The van der Waals surface area contributed by atoms with Crippen molar-refractivity contribution in [3.8, 4) is 11.5 Å². The zero-order valence-corrected chi connectivity index (χ0v) is 14.6. The summed E-state index contributed by atoms with van der Waals surface area (Å²) in [7, 11) is 0. The van der Waals surface area contributed by atoms with E-state index in [0.717, 1.165) is 5.69 Å². The van der Waals surface area contributed by atoms with Crippen molar-refractivity contribution < 1.29 is 18.3 Å². The van der Waals surface area contributed by atoms with Gasteiger partial charge >= 0.3 is 6.09 Å². The standard InChI is InChI=1S/C19H17FN4O3/c1-2-14-11-24(19(25)26-14)13-6-7-15(16(20)10-13)18-23-22-17(27-18)9-12-5-3-4-8-21-12/h3-8,10,14H,2,9,11H2,1H3/t14-/m0/s1. The van der Waals surface area contributed by atoms with Gasteiger partial charge in [-0.2, -0.15) is 0 Å². The van der Waals surface area contributed by atoms with Crippen LogP contribution in [0, 0.1) is 5.82 Å². The first kappa shape index (κ1) is 17.1. The molecule has 1 atom stereocenters. The molecule has 0 bridgehead atoms. The average molecular weight is 368 g/mol. The molecule has 7 nitrogen and oxygen atoms in total. The molecular weight excluding hydrogens is 351 g/mol. The van der Waals surface area contributed by atoms with Gasteiger partial charge in [0.2, 0.25) is 5.89 Å². The number of benzene rings is 1. The van der Waals surface area contributed by atoms with Crippen LogP contribution in [0.1, 0.15) is 24.9 Å². The van der Waals surface area contributed by atoms with E-state index in [9.17, 15) is 9.18 Å². The molecule has 0 aliphatic carbocycles. The summed E-state index contributed by atoms with van der Waals surface area (Å²) in [5.41, 5.74) is 1.39. The maximum Gasteiger partial charge on any atom is 0.414 e. The number of pyridine rings is 1. The Balaban J connectivity index is 1.54. The van der Waals surface area contributed by atoms with E-state index in [0.29, 0.717) is 31.0 Å². The fraction of sp³-hybridized carbons (Fsp3) is 0.263. The van der Waals surface area contributed by atoms with Gasteiger partial charge in [0.05, 0.1) is 24.2 Å². The minimum absolute atomic E-state index is 0.0837. The summed E-state index contributed by atoms with van der Waals surface area (Å²) in [4.78, 5) is 17.5. The van der Waals surface area contributed by atoms with Crippen LogP contribution in [0.2, 0.25) is 0 Å². The maximum absolute atomic E-state index is 14.6. The summed E-state index contributed by atoms with van der Waals surface area (Å²) >= 11 is 0. The van der Waals surface area contributed by atoms with Gasteiger partial charge in [0.1, 0.15) is 11.9 Å². The average Bonchev–Trinajstić information content (AvgIpc) is 3.29. The molecule has 0 unspecified atom stereocenters. The first-order valence-corrected chi connectivity index (χ1v) is 8.64. The molecule has 0 spiro atoms. The third kappa shape index (κ3) is 3.51. The number of aromatic nitrogens is 3.